The minimum atomic E-state index is -0.462. The van der Waals surface area contributed by atoms with Crippen molar-refractivity contribution in [3.05, 3.63) is 26.9 Å². The summed E-state index contributed by atoms with van der Waals surface area (Å²) in [5.74, 6) is 0.0726. The maximum absolute atomic E-state index is 14.9. The maximum atomic E-state index is 14.9. The standard InChI is InChI=1S/C16H19ClFN5O/c1-8-11(17)13-10-14(12(8)18)22(3)16(24)20-15(10)23-5-4-21(2)7-9(23)6-19-13/h9,19H,4-7H2,1-3H3. The molecule has 1 fully saturated rings. The van der Waals surface area contributed by atoms with Gasteiger partial charge in [0.15, 0.2) is 5.82 Å². The Morgan fingerprint density at radius 2 is 2.08 bits per heavy atom. The fourth-order valence-electron chi connectivity index (χ4n) is 3.71. The van der Waals surface area contributed by atoms with E-state index in [4.69, 9.17) is 11.6 Å². The van der Waals surface area contributed by atoms with Gasteiger partial charge in [0.05, 0.1) is 27.7 Å². The lowest BCUT2D eigenvalue weighted by molar-refractivity contribution is 0.272. The number of anilines is 2. The van der Waals surface area contributed by atoms with Crippen molar-refractivity contribution in [1.29, 1.82) is 0 Å². The predicted octanol–water partition coefficient (Wildman–Crippen LogP) is 1.58. The van der Waals surface area contributed by atoms with Crippen LogP contribution in [0.2, 0.25) is 5.02 Å². The van der Waals surface area contributed by atoms with Crippen molar-refractivity contribution in [2.75, 3.05) is 43.4 Å². The summed E-state index contributed by atoms with van der Waals surface area (Å²) in [6, 6.07) is 0.151. The van der Waals surface area contributed by atoms with Crippen molar-refractivity contribution in [2.45, 2.75) is 13.0 Å². The summed E-state index contributed by atoms with van der Waals surface area (Å²) in [6.07, 6.45) is 0. The van der Waals surface area contributed by atoms with Gasteiger partial charge in [-0.3, -0.25) is 4.57 Å². The molecule has 2 aromatic rings. The lowest BCUT2D eigenvalue weighted by atomic mass is 10.1. The second kappa shape index (κ2) is 5.32. The van der Waals surface area contributed by atoms with Gasteiger partial charge in [-0.25, -0.2) is 9.18 Å². The first kappa shape index (κ1) is 15.7. The molecule has 0 amide bonds. The van der Waals surface area contributed by atoms with Crippen molar-refractivity contribution in [2.24, 2.45) is 7.05 Å². The van der Waals surface area contributed by atoms with Crippen molar-refractivity contribution in [1.82, 2.24) is 14.5 Å². The molecule has 1 N–H and O–H groups in total. The number of benzene rings is 1. The van der Waals surface area contributed by atoms with Crippen LogP contribution < -0.4 is 15.9 Å². The number of nitrogens with zero attached hydrogens (tertiary/aromatic N) is 4. The fraction of sp³-hybridized carbons (Fsp3) is 0.500. The third-order valence-electron chi connectivity index (χ3n) is 5.09. The highest BCUT2D eigenvalue weighted by Gasteiger charge is 2.33. The van der Waals surface area contributed by atoms with Crippen LogP contribution in [0.3, 0.4) is 0 Å². The van der Waals surface area contributed by atoms with Crippen molar-refractivity contribution >= 4 is 34.0 Å². The molecule has 3 heterocycles. The maximum Gasteiger partial charge on any atom is 0.349 e. The van der Waals surface area contributed by atoms with E-state index in [1.165, 1.54) is 4.57 Å². The Labute approximate surface area is 143 Å². The van der Waals surface area contributed by atoms with E-state index < -0.39 is 11.5 Å². The molecular formula is C16H19ClFN5O. The van der Waals surface area contributed by atoms with Crippen molar-refractivity contribution in [3.8, 4) is 0 Å². The molecule has 1 saturated heterocycles. The molecule has 4 rings (SSSR count). The van der Waals surface area contributed by atoms with Crippen molar-refractivity contribution < 1.29 is 4.39 Å². The van der Waals surface area contributed by atoms with E-state index in [0.29, 0.717) is 34.0 Å². The number of hydrogen-bond acceptors (Lipinski definition) is 5. The van der Waals surface area contributed by atoms with Crippen LogP contribution in [0.5, 0.6) is 0 Å². The summed E-state index contributed by atoms with van der Waals surface area (Å²) >= 11 is 6.43. The molecule has 128 valence electrons. The minimum Gasteiger partial charge on any atom is -0.381 e. The third kappa shape index (κ3) is 2.04. The number of piperazine rings is 1. The summed E-state index contributed by atoms with van der Waals surface area (Å²) in [5.41, 5.74) is 0.814. The smallest absolute Gasteiger partial charge is 0.349 e. The van der Waals surface area contributed by atoms with Gasteiger partial charge in [0.1, 0.15) is 5.82 Å². The van der Waals surface area contributed by atoms with Gasteiger partial charge in [0.25, 0.3) is 0 Å². The summed E-state index contributed by atoms with van der Waals surface area (Å²) in [6.45, 7) is 4.75. The SMILES string of the molecule is Cc1c(Cl)c2c3c(nc(=O)n(C)c3c1F)N1CCN(C)CC1CN2. The molecule has 1 aromatic heterocycles. The molecule has 0 radical (unpaired) electrons. The molecule has 1 aromatic carbocycles. The number of nitrogens with one attached hydrogen (secondary N) is 1. The number of likely N-dealkylation sites (N-methyl/N-ethyl adjacent to an activating group) is 1. The second-order valence-electron chi connectivity index (χ2n) is 6.62. The molecule has 0 spiro atoms. The average Bonchev–Trinajstić information content (AvgIpc) is 2.70. The number of halogens is 2. The first-order valence-corrected chi connectivity index (χ1v) is 8.35. The first-order chi connectivity index (χ1) is 11.4. The number of hydrogen-bond donors (Lipinski definition) is 1. The van der Waals surface area contributed by atoms with Crippen LogP contribution in [0.1, 0.15) is 5.56 Å². The van der Waals surface area contributed by atoms with E-state index >= 15 is 0 Å². The average molecular weight is 352 g/mol. The van der Waals surface area contributed by atoms with Gasteiger partial charge >= 0.3 is 5.69 Å². The number of fused-ring (bicyclic) bond motifs is 2. The molecule has 1 unspecified atom stereocenters. The van der Waals surface area contributed by atoms with Gasteiger partial charge in [-0.15, -0.1) is 0 Å². The molecule has 24 heavy (non-hydrogen) atoms. The topological polar surface area (TPSA) is 53.4 Å². The lowest BCUT2D eigenvalue weighted by Gasteiger charge is -2.39. The summed E-state index contributed by atoms with van der Waals surface area (Å²) in [7, 11) is 3.61. The summed E-state index contributed by atoms with van der Waals surface area (Å²) in [5, 5.41) is 4.32. The monoisotopic (exact) mass is 351 g/mol. The minimum absolute atomic E-state index is 0.151. The van der Waals surface area contributed by atoms with Gasteiger partial charge in [-0.2, -0.15) is 4.98 Å². The van der Waals surface area contributed by atoms with E-state index in [1.807, 2.05) is 0 Å². The highest BCUT2D eigenvalue weighted by Crippen LogP contribution is 2.42. The second-order valence-corrected chi connectivity index (χ2v) is 7.00. The van der Waals surface area contributed by atoms with E-state index in [-0.39, 0.29) is 11.6 Å². The number of rotatable bonds is 0. The van der Waals surface area contributed by atoms with Crippen LogP contribution >= 0.6 is 11.6 Å². The van der Waals surface area contributed by atoms with E-state index in [9.17, 15) is 9.18 Å². The van der Waals surface area contributed by atoms with Crippen LogP contribution in [0.4, 0.5) is 15.9 Å². The number of aryl methyl sites for hydroxylation is 1. The Morgan fingerprint density at radius 1 is 1.33 bits per heavy atom. The molecule has 2 aliphatic rings. The van der Waals surface area contributed by atoms with Gasteiger partial charge in [0.2, 0.25) is 0 Å². The van der Waals surface area contributed by atoms with Gasteiger partial charge in [-0.1, -0.05) is 11.6 Å². The predicted molar refractivity (Wildman–Crippen MR) is 93.8 cm³/mol. The van der Waals surface area contributed by atoms with Gasteiger partial charge in [-0.05, 0) is 14.0 Å². The molecule has 0 bridgehead atoms. The molecule has 0 aliphatic carbocycles. The summed E-state index contributed by atoms with van der Waals surface area (Å²) < 4.78 is 16.2. The zero-order valence-corrected chi connectivity index (χ0v) is 14.6. The van der Waals surface area contributed by atoms with Crippen LogP contribution in [-0.4, -0.2) is 53.7 Å². The van der Waals surface area contributed by atoms with Crippen molar-refractivity contribution in [3.63, 3.8) is 0 Å². The van der Waals surface area contributed by atoms with E-state index in [0.717, 1.165) is 19.6 Å². The van der Waals surface area contributed by atoms with E-state index in [2.05, 4.69) is 27.1 Å². The Morgan fingerprint density at radius 3 is 2.83 bits per heavy atom. The molecule has 0 saturated carbocycles. The normalized spacial score (nSPS) is 20.7. The third-order valence-corrected chi connectivity index (χ3v) is 5.56. The molecule has 6 nitrogen and oxygen atoms in total. The Kier molecular flexibility index (Phi) is 3.47. The molecule has 1 atom stereocenters. The molecular weight excluding hydrogens is 333 g/mol. The largest absolute Gasteiger partial charge is 0.381 e. The summed E-state index contributed by atoms with van der Waals surface area (Å²) in [4.78, 5) is 21.0. The Hall–Kier alpha value is -1.86. The quantitative estimate of drug-likeness (QED) is 0.781. The van der Waals surface area contributed by atoms with Crippen LogP contribution in [0.15, 0.2) is 4.79 Å². The number of aromatic nitrogens is 2. The highest BCUT2D eigenvalue weighted by molar-refractivity contribution is 6.36. The molecule has 2 aliphatic heterocycles. The molecule has 8 heteroatoms. The lowest BCUT2D eigenvalue weighted by Crippen LogP contribution is -2.54. The van der Waals surface area contributed by atoms with Crippen LogP contribution in [0, 0.1) is 12.7 Å². The van der Waals surface area contributed by atoms with Crippen LogP contribution in [0.25, 0.3) is 10.9 Å². The highest BCUT2D eigenvalue weighted by atomic mass is 35.5. The van der Waals surface area contributed by atoms with Gasteiger partial charge in [0, 0.05) is 38.8 Å². The fourth-order valence-corrected chi connectivity index (χ4v) is 3.95. The van der Waals surface area contributed by atoms with Gasteiger partial charge < -0.3 is 15.1 Å². The Bertz CT molecular complexity index is 912. The Balaban J connectivity index is 2.11. The first-order valence-electron chi connectivity index (χ1n) is 7.97. The zero-order chi connectivity index (χ0) is 17.2. The van der Waals surface area contributed by atoms with Crippen LogP contribution in [-0.2, 0) is 7.05 Å². The van der Waals surface area contributed by atoms with E-state index in [1.54, 1.807) is 14.0 Å². The zero-order valence-electron chi connectivity index (χ0n) is 13.9.